The van der Waals surface area contributed by atoms with E-state index < -0.39 is 5.97 Å². The zero-order chi connectivity index (χ0) is 14.0. The lowest BCUT2D eigenvalue weighted by Crippen LogP contribution is -2.17. The summed E-state index contributed by atoms with van der Waals surface area (Å²) in [6, 6.07) is 8.23. The number of benzene rings is 1. The number of anilines is 1. The van der Waals surface area contributed by atoms with Gasteiger partial charge in [-0.05, 0) is 54.1 Å². The second kappa shape index (κ2) is 5.45. The van der Waals surface area contributed by atoms with Crippen LogP contribution in [0, 0.1) is 13.8 Å². The average molecular weight is 275 g/mol. The molecule has 3 nitrogen and oxygen atoms in total. The molecule has 0 aliphatic carbocycles. The first-order chi connectivity index (χ1) is 8.97. The molecule has 0 amide bonds. The minimum absolute atomic E-state index is 0.427. The Kier molecular flexibility index (Phi) is 3.90. The third kappa shape index (κ3) is 3.15. The molecule has 0 radical (unpaired) electrons. The summed E-state index contributed by atoms with van der Waals surface area (Å²) in [5, 5.41) is 10.9. The number of aryl methyl sites for hydroxylation is 2. The van der Waals surface area contributed by atoms with E-state index in [2.05, 4.69) is 36.9 Å². The van der Waals surface area contributed by atoms with Crippen molar-refractivity contribution in [1.82, 2.24) is 0 Å². The van der Waals surface area contributed by atoms with E-state index in [0.717, 1.165) is 11.3 Å². The maximum Gasteiger partial charge on any atom is 0.346 e. The van der Waals surface area contributed by atoms with Gasteiger partial charge in [-0.15, -0.1) is 11.3 Å². The fourth-order valence-corrected chi connectivity index (χ4v) is 2.92. The van der Waals surface area contributed by atoms with E-state index in [1.54, 1.807) is 0 Å². The van der Waals surface area contributed by atoms with E-state index >= 15 is 0 Å². The summed E-state index contributed by atoms with van der Waals surface area (Å²) < 4.78 is 0. The van der Waals surface area contributed by atoms with E-state index in [-0.39, 0.29) is 0 Å². The Morgan fingerprint density at radius 1 is 1.26 bits per heavy atom. The van der Waals surface area contributed by atoms with Crippen molar-refractivity contribution in [2.24, 2.45) is 0 Å². The van der Waals surface area contributed by atoms with Crippen LogP contribution in [-0.2, 0) is 6.54 Å². The standard InChI is InChI=1S/C15H17NO2S/c1-10-6-11(2)8-13(7-10)16(3)9-12-4-5-19-14(12)15(17)18/h4-8H,9H2,1-3H3,(H,17,18). The summed E-state index contributed by atoms with van der Waals surface area (Å²) in [4.78, 5) is 13.6. The summed E-state index contributed by atoms with van der Waals surface area (Å²) in [6.45, 7) is 4.74. The summed E-state index contributed by atoms with van der Waals surface area (Å²) >= 11 is 1.27. The summed E-state index contributed by atoms with van der Waals surface area (Å²) in [6.07, 6.45) is 0. The van der Waals surface area contributed by atoms with Gasteiger partial charge in [0.05, 0.1) is 0 Å². The van der Waals surface area contributed by atoms with Crippen LogP contribution in [0.2, 0.25) is 0 Å². The maximum atomic E-state index is 11.1. The molecule has 1 N–H and O–H groups in total. The van der Waals surface area contributed by atoms with Gasteiger partial charge in [-0.3, -0.25) is 0 Å². The van der Waals surface area contributed by atoms with Gasteiger partial charge in [-0.1, -0.05) is 6.07 Å². The zero-order valence-corrected chi connectivity index (χ0v) is 12.1. The molecule has 1 heterocycles. The molecule has 0 aliphatic rings. The highest BCUT2D eigenvalue weighted by Crippen LogP contribution is 2.23. The smallest absolute Gasteiger partial charge is 0.346 e. The minimum atomic E-state index is -0.848. The van der Waals surface area contributed by atoms with Crippen molar-refractivity contribution in [3.63, 3.8) is 0 Å². The molecule has 0 saturated carbocycles. The summed E-state index contributed by atoms with van der Waals surface area (Å²) in [5.41, 5.74) is 4.40. The number of nitrogens with zero attached hydrogens (tertiary/aromatic N) is 1. The highest BCUT2D eigenvalue weighted by Gasteiger charge is 2.13. The van der Waals surface area contributed by atoms with Crippen LogP contribution in [0.4, 0.5) is 5.69 Å². The van der Waals surface area contributed by atoms with Crippen LogP contribution >= 0.6 is 11.3 Å². The third-order valence-corrected chi connectivity index (χ3v) is 3.94. The van der Waals surface area contributed by atoms with Crippen molar-refractivity contribution >= 4 is 23.0 Å². The van der Waals surface area contributed by atoms with E-state index in [9.17, 15) is 4.79 Å². The first-order valence-corrected chi connectivity index (χ1v) is 6.94. The molecular formula is C15H17NO2S. The largest absolute Gasteiger partial charge is 0.477 e. The first kappa shape index (κ1) is 13.6. The van der Waals surface area contributed by atoms with Crippen molar-refractivity contribution in [3.05, 3.63) is 51.2 Å². The Balaban J connectivity index is 2.23. The molecule has 0 fully saturated rings. The predicted octanol–water partition coefficient (Wildman–Crippen LogP) is 3.70. The molecule has 100 valence electrons. The van der Waals surface area contributed by atoms with Crippen molar-refractivity contribution in [2.45, 2.75) is 20.4 Å². The lowest BCUT2D eigenvalue weighted by Gasteiger charge is -2.20. The monoisotopic (exact) mass is 275 g/mol. The summed E-state index contributed by atoms with van der Waals surface area (Å²) in [5.74, 6) is -0.848. The normalized spacial score (nSPS) is 10.5. The van der Waals surface area contributed by atoms with Gasteiger partial charge in [0.15, 0.2) is 0 Å². The number of thiophene rings is 1. The first-order valence-electron chi connectivity index (χ1n) is 6.06. The van der Waals surface area contributed by atoms with E-state index in [1.165, 1.54) is 22.5 Å². The molecule has 0 bridgehead atoms. The molecule has 0 spiro atoms. The fourth-order valence-electron chi connectivity index (χ4n) is 2.17. The average Bonchev–Trinajstić information content (AvgIpc) is 2.75. The van der Waals surface area contributed by atoms with Crippen LogP contribution in [0.3, 0.4) is 0 Å². The molecule has 19 heavy (non-hydrogen) atoms. The highest BCUT2D eigenvalue weighted by atomic mass is 32.1. The molecule has 0 unspecified atom stereocenters. The Morgan fingerprint density at radius 2 is 1.89 bits per heavy atom. The highest BCUT2D eigenvalue weighted by molar-refractivity contribution is 7.12. The van der Waals surface area contributed by atoms with Crippen LogP contribution < -0.4 is 4.90 Å². The van der Waals surface area contributed by atoms with Gasteiger partial charge < -0.3 is 10.0 Å². The Morgan fingerprint density at radius 3 is 2.47 bits per heavy atom. The lowest BCUT2D eigenvalue weighted by molar-refractivity contribution is 0.0701. The van der Waals surface area contributed by atoms with Crippen molar-refractivity contribution in [3.8, 4) is 0 Å². The maximum absolute atomic E-state index is 11.1. The molecule has 4 heteroatoms. The number of hydrogen-bond donors (Lipinski definition) is 1. The second-order valence-corrected chi connectivity index (χ2v) is 5.70. The zero-order valence-electron chi connectivity index (χ0n) is 11.3. The van der Waals surface area contributed by atoms with Crippen LogP contribution in [0.5, 0.6) is 0 Å². The number of aromatic carboxylic acids is 1. The van der Waals surface area contributed by atoms with Gasteiger partial charge in [0.1, 0.15) is 4.88 Å². The van der Waals surface area contributed by atoms with Gasteiger partial charge in [-0.2, -0.15) is 0 Å². The molecular weight excluding hydrogens is 258 g/mol. The predicted molar refractivity (Wildman–Crippen MR) is 79.3 cm³/mol. The number of carbonyl (C=O) groups is 1. The minimum Gasteiger partial charge on any atom is -0.477 e. The molecule has 0 saturated heterocycles. The SMILES string of the molecule is Cc1cc(C)cc(N(C)Cc2ccsc2C(=O)O)c1. The van der Waals surface area contributed by atoms with Gasteiger partial charge in [0.25, 0.3) is 0 Å². The number of hydrogen-bond acceptors (Lipinski definition) is 3. The Hall–Kier alpha value is -1.81. The van der Waals surface area contributed by atoms with Crippen molar-refractivity contribution in [2.75, 3.05) is 11.9 Å². The van der Waals surface area contributed by atoms with Crippen LogP contribution in [0.1, 0.15) is 26.4 Å². The van der Waals surface area contributed by atoms with E-state index in [0.29, 0.717) is 11.4 Å². The van der Waals surface area contributed by atoms with Gasteiger partial charge in [0.2, 0.25) is 0 Å². The second-order valence-electron chi connectivity index (χ2n) is 4.78. The molecule has 2 aromatic rings. The third-order valence-electron chi connectivity index (χ3n) is 3.00. The van der Waals surface area contributed by atoms with E-state index in [4.69, 9.17) is 5.11 Å². The Labute approximate surface area is 117 Å². The number of carboxylic acids is 1. The van der Waals surface area contributed by atoms with Crippen LogP contribution in [-0.4, -0.2) is 18.1 Å². The molecule has 2 rings (SSSR count). The van der Waals surface area contributed by atoms with Gasteiger partial charge in [-0.25, -0.2) is 4.79 Å². The molecule has 0 aliphatic heterocycles. The van der Waals surface area contributed by atoms with Crippen molar-refractivity contribution in [1.29, 1.82) is 0 Å². The lowest BCUT2D eigenvalue weighted by atomic mass is 10.1. The fraction of sp³-hybridized carbons (Fsp3) is 0.267. The number of rotatable bonds is 4. The van der Waals surface area contributed by atoms with Crippen LogP contribution in [0.15, 0.2) is 29.6 Å². The van der Waals surface area contributed by atoms with Crippen molar-refractivity contribution < 1.29 is 9.90 Å². The van der Waals surface area contributed by atoms with Gasteiger partial charge >= 0.3 is 5.97 Å². The van der Waals surface area contributed by atoms with Crippen LogP contribution in [0.25, 0.3) is 0 Å². The molecule has 0 atom stereocenters. The number of carboxylic acid groups (broad SMARTS) is 1. The molecule has 1 aromatic carbocycles. The molecule has 1 aromatic heterocycles. The van der Waals surface area contributed by atoms with Gasteiger partial charge in [0, 0.05) is 19.3 Å². The summed E-state index contributed by atoms with van der Waals surface area (Å²) in [7, 11) is 1.98. The Bertz CT molecular complexity index is 584. The topological polar surface area (TPSA) is 40.5 Å². The van der Waals surface area contributed by atoms with E-state index in [1.807, 2.05) is 18.5 Å². The quantitative estimate of drug-likeness (QED) is 0.925.